The van der Waals surface area contributed by atoms with E-state index in [-0.39, 0.29) is 0 Å². The highest BCUT2D eigenvalue weighted by molar-refractivity contribution is 6.30. The van der Waals surface area contributed by atoms with Gasteiger partial charge in [-0.3, -0.25) is 4.99 Å². The molecule has 0 bridgehead atoms. The van der Waals surface area contributed by atoms with Crippen molar-refractivity contribution in [1.82, 2.24) is 0 Å². The lowest BCUT2D eigenvalue weighted by Crippen LogP contribution is -1.99. The van der Waals surface area contributed by atoms with E-state index in [1.54, 1.807) is 6.21 Å². The third kappa shape index (κ3) is 4.25. The lowest BCUT2D eigenvalue weighted by atomic mass is 10.2. The predicted octanol–water partition coefficient (Wildman–Crippen LogP) is 5.20. The molecule has 2 aromatic carbocycles. The summed E-state index contributed by atoms with van der Waals surface area (Å²) in [5.41, 5.74) is 2.89. The van der Waals surface area contributed by atoms with Gasteiger partial charge in [-0.1, -0.05) is 17.7 Å². The van der Waals surface area contributed by atoms with Crippen LogP contribution in [0.2, 0.25) is 5.02 Å². The summed E-state index contributed by atoms with van der Waals surface area (Å²) in [5, 5.41) is 0.680. The van der Waals surface area contributed by atoms with Crippen LogP contribution in [0.5, 0.6) is 11.5 Å². The number of rotatable bonds is 6. The molecular formula is C18H20ClNO2. The molecule has 0 aliphatic carbocycles. The van der Waals surface area contributed by atoms with Gasteiger partial charge in [0.25, 0.3) is 0 Å². The van der Waals surface area contributed by atoms with Crippen LogP contribution in [0.15, 0.2) is 41.4 Å². The van der Waals surface area contributed by atoms with Crippen molar-refractivity contribution in [2.75, 3.05) is 13.2 Å². The maximum Gasteiger partial charge on any atom is 0.161 e. The summed E-state index contributed by atoms with van der Waals surface area (Å²) in [7, 11) is 0. The summed E-state index contributed by atoms with van der Waals surface area (Å²) in [6.07, 6.45) is 1.80. The van der Waals surface area contributed by atoms with Crippen LogP contribution in [0.25, 0.3) is 0 Å². The summed E-state index contributed by atoms with van der Waals surface area (Å²) < 4.78 is 11.2. The molecule has 2 rings (SSSR count). The second kappa shape index (κ2) is 7.85. The van der Waals surface area contributed by atoms with Crippen molar-refractivity contribution in [2.45, 2.75) is 20.8 Å². The standard InChI is InChI=1S/C18H20ClNO2/c1-4-21-17-9-7-14(10-18(17)22-5-2)12-20-16-11-15(19)8-6-13(16)3/h6-12H,4-5H2,1-3H3. The van der Waals surface area contributed by atoms with Crippen LogP contribution >= 0.6 is 11.6 Å². The number of ether oxygens (including phenoxy) is 2. The molecule has 3 nitrogen and oxygen atoms in total. The first-order valence-electron chi connectivity index (χ1n) is 7.34. The molecular weight excluding hydrogens is 298 g/mol. The average Bonchev–Trinajstić information content (AvgIpc) is 2.51. The zero-order valence-corrected chi connectivity index (χ0v) is 13.9. The molecule has 0 atom stereocenters. The van der Waals surface area contributed by atoms with Gasteiger partial charge in [0.1, 0.15) is 0 Å². The third-order valence-corrected chi connectivity index (χ3v) is 3.33. The molecule has 0 aromatic heterocycles. The quantitative estimate of drug-likeness (QED) is 0.686. The van der Waals surface area contributed by atoms with Gasteiger partial charge in [0.15, 0.2) is 11.5 Å². The average molecular weight is 318 g/mol. The van der Waals surface area contributed by atoms with Gasteiger partial charge in [-0.25, -0.2) is 0 Å². The molecule has 22 heavy (non-hydrogen) atoms. The second-order valence-corrected chi connectivity index (χ2v) is 5.20. The Balaban J connectivity index is 2.27. The fourth-order valence-electron chi connectivity index (χ4n) is 2.01. The lowest BCUT2D eigenvalue weighted by Gasteiger charge is -2.11. The van der Waals surface area contributed by atoms with Gasteiger partial charge in [-0.05, 0) is 62.2 Å². The summed E-state index contributed by atoms with van der Waals surface area (Å²) in [6.45, 7) is 7.11. The molecule has 116 valence electrons. The zero-order chi connectivity index (χ0) is 15.9. The fraction of sp³-hybridized carbons (Fsp3) is 0.278. The Morgan fingerprint density at radius 1 is 1.00 bits per heavy atom. The first-order valence-corrected chi connectivity index (χ1v) is 7.71. The van der Waals surface area contributed by atoms with Gasteiger partial charge < -0.3 is 9.47 Å². The largest absolute Gasteiger partial charge is 0.490 e. The van der Waals surface area contributed by atoms with Crippen molar-refractivity contribution < 1.29 is 9.47 Å². The Morgan fingerprint density at radius 2 is 1.73 bits per heavy atom. The Kier molecular flexibility index (Phi) is 5.84. The minimum Gasteiger partial charge on any atom is -0.490 e. The monoisotopic (exact) mass is 317 g/mol. The maximum absolute atomic E-state index is 6.01. The van der Waals surface area contributed by atoms with E-state index in [0.717, 1.165) is 28.3 Å². The molecule has 0 aliphatic heterocycles. The van der Waals surface area contributed by atoms with Crippen LogP contribution < -0.4 is 9.47 Å². The Hall–Kier alpha value is -2.00. The van der Waals surface area contributed by atoms with Crippen molar-refractivity contribution in [2.24, 2.45) is 4.99 Å². The van der Waals surface area contributed by atoms with Crippen molar-refractivity contribution >= 4 is 23.5 Å². The first kappa shape index (κ1) is 16.4. The van der Waals surface area contributed by atoms with Crippen molar-refractivity contribution in [3.05, 3.63) is 52.5 Å². The highest BCUT2D eigenvalue weighted by atomic mass is 35.5. The number of hydrogen-bond acceptors (Lipinski definition) is 3. The van der Waals surface area contributed by atoms with E-state index in [9.17, 15) is 0 Å². The molecule has 0 heterocycles. The number of halogens is 1. The molecule has 0 spiro atoms. The molecule has 4 heteroatoms. The van der Waals surface area contributed by atoms with Crippen LogP contribution in [-0.4, -0.2) is 19.4 Å². The number of benzene rings is 2. The van der Waals surface area contributed by atoms with Crippen LogP contribution in [-0.2, 0) is 0 Å². The predicted molar refractivity (Wildman–Crippen MR) is 92.2 cm³/mol. The zero-order valence-electron chi connectivity index (χ0n) is 13.1. The molecule has 2 aromatic rings. The van der Waals surface area contributed by atoms with Gasteiger partial charge in [-0.2, -0.15) is 0 Å². The van der Waals surface area contributed by atoms with Crippen molar-refractivity contribution in [3.63, 3.8) is 0 Å². The number of aryl methyl sites for hydroxylation is 1. The number of aliphatic imine (C=N–C) groups is 1. The van der Waals surface area contributed by atoms with E-state index in [0.29, 0.717) is 18.2 Å². The maximum atomic E-state index is 6.01. The van der Waals surface area contributed by atoms with Gasteiger partial charge >= 0.3 is 0 Å². The molecule has 0 N–H and O–H groups in total. The van der Waals surface area contributed by atoms with E-state index in [1.165, 1.54) is 0 Å². The van der Waals surface area contributed by atoms with Crippen LogP contribution in [0.1, 0.15) is 25.0 Å². The first-order chi connectivity index (χ1) is 10.6. The Bertz CT molecular complexity index is 668. The number of nitrogens with zero attached hydrogens (tertiary/aromatic N) is 1. The smallest absolute Gasteiger partial charge is 0.161 e. The third-order valence-electron chi connectivity index (χ3n) is 3.09. The topological polar surface area (TPSA) is 30.8 Å². The van der Waals surface area contributed by atoms with Crippen LogP contribution in [0.3, 0.4) is 0 Å². The van der Waals surface area contributed by atoms with E-state index in [2.05, 4.69) is 4.99 Å². The number of hydrogen-bond donors (Lipinski definition) is 0. The summed E-state index contributed by atoms with van der Waals surface area (Å²) in [4.78, 5) is 4.51. The van der Waals surface area contributed by atoms with E-state index >= 15 is 0 Å². The van der Waals surface area contributed by atoms with E-state index < -0.39 is 0 Å². The minimum atomic E-state index is 0.591. The Morgan fingerprint density at radius 3 is 2.45 bits per heavy atom. The summed E-state index contributed by atoms with van der Waals surface area (Å²) in [6, 6.07) is 11.5. The van der Waals surface area contributed by atoms with Crippen LogP contribution in [0, 0.1) is 6.92 Å². The Labute approximate surface area is 136 Å². The van der Waals surface area contributed by atoms with E-state index in [1.807, 2.05) is 57.2 Å². The summed E-state index contributed by atoms with van der Waals surface area (Å²) in [5.74, 6) is 1.48. The molecule has 0 saturated carbocycles. The molecule has 0 aliphatic rings. The van der Waals surface area contributed by atoms with Crippen molar-refractivity contribution in [3.8, 4) is 11.5 Å². The lowest BCUT2D eigenvalue weighted by molar-refractivity contribution is 0.288. The normalized spacial score (nSPS) is 10.9. The van der Waals surface area contributed by atoms with Gasteiger partial charge in [-0.15, -0.1) is 0 Å². The molecule has 0 unspecified atom stereocenters. The highest BCUT2D eigenvalue weighted by Crippen LogP contribution is 2.28. The van der Waals surface area contributed by atoms with Gasteiger partial charge in [0, 0.05) is 11.2 Å². The minimum absolute atomic E-state index is 0.591. The fourth-order valence-corrected chi connectivity index (χ4v) is 2.18. The van der Waals surface area contributed by atoms with Gasteiger partial charge in [0.05, 0.1) is 18.9 Å². The SMILES string of the molecule is CCOc1ccc(C=Nc2cc(Cl)ccc2C)cc1OCC. The molecule has 0 amide bonds. The van der Waals surface area contributed by atoms with E-state index in [4.69, 9.17) is 21.1 Å². The molecule has 0 radical (unpaired) electrons. The summed E-state index contributed by atoms with van der Waals surface area (Å²) >= 11 is 6.01. The van der Waals surface area contributed by atoms with Crippen molar-refractivity contribution in [1.29, 1.82) is 0 Å². The molecule has 0 saturated heterocycles. The second-order valence-electron chi connectivity index (χ2n) is 4.76. The van der Waals surface area contributed by atoms with Crippen LogP contribution in [0.4, 0.5) is 5.69 Å². The molecule has 0 fully saturated rings. The van der Waals surface area contributed by atoms with Gasteiger partial charge in [0.2, 0.25) is 0 Å². The highest BCUT2D eigenvalue weighted by Gasteiger charge is 2.05.